The normalized spacial score (nSPS) is 11.8. The summed E-state index contributed by atoms with van der Waals surface area (Å²) in [6.45, 7) is -4.04. The molecule has 0 aliphatic heterocycles. The highest BCUT2D eigenvalue weighted by molar-refractivity contribution is 5.85. The third kappa shape index (κ3) is 15.1. The van der Waals surface area contributed by atoms with Crippen molar-refractivity contribution in [3.8, 4) is 33.8 Å². The fraction of sp³-hybridized carbons (Fsp3) is 0.222. The first-order valence-electron chi connectivity index (χ1n) is 16.5. The van der Waals surface area contributed by atoms with Crippen LogP contribution in [0, 0.1) is 0 Å². The maximum absolute atomic E-state index is 12.3. The number of carbonyl (C=O) groups is 2. The Morgan fingerprint density at radius 2 is 0.952 bits per heavy atom. The van der Waals surface area contributed by atoms with Gasteiger partial charge in [-0.3, -0.25) is 18.7 Å². The van der Waals surface area contributed by atoms with Gasteiger partial charge in [-0.25, -0.2) is 9.59 Å². The van der Waals surface area contributed by atoms with Crippen molar-refractivity contribution in [2.24, 2.45) is 5.73 Å². The zero-order chi connectivity index (χ0) is 45.5. The van der Waals surface area contributed by atoms with Crippen LogP contribution in [0.5, 0.6) is 11.5 Å². The second-order valence-electron chi connectivity index (χ2n) is 12.0. The fourth-order valence-corrected chi connectivity index (χ4v) is 5.01. The zero-order valence-corrected chi connectivity index (χ0v) is 31.4. The van der Waals surface area contributed by atoms with E-state index in [2.05, 4.69) is 15.2 Å². The van der Waals surface area contributed by atoms with Gasteiger partial charge in [-0.1, -0.05) is 36.4 Å². The summed E-state index contributed by atoms with van der Waals surface area (Å²) in [5.41, 5.74) is 6.96. The summed E-state index contributed by atoms with van der Waals surface area (Å²) in [7, 11) is 0. The number of hydrogen-bond acceptors (Lipinski definition) is 9. The van der Waals surface area contributed by atoms with E-state index in [1.807, 2.05) is 0 Å². The van der Waals surface area contributed by atoms with Gasteiger partial charge in [-0.05, 0) is 70.8 Å². The maximum atomic E-state index is 12.3. The number of aromatic nitrogens is 2. The van der Waals surface area contributed by atoms with E-state index in [-0.39, 0.29) is 40.4 Å². The van der Waals surface area contributed by atoms with Gasteiger partial charge >= 0.3 is 42.6 Å². The van der Waals surface area contributed by atoms with Crippen LogP contribution >= 0.6 is 12.4 Å². The Kier molecular flexibility index (Phi) is 15.9. The lowest BCUT2D eigenvalue weighted by Gasteiger charge is -2.10. The van der Waals surface area contributed by atoms with Crippen molar-refractivity contribution in [3.63, 3.8) is 0 Å². The van der Waals surface area contributed by atoms with E-state index in [9.17, 15) is 71.9 Å². The predicted molar refractivity (Wildman–Crippen MR) is 194 cm³/mol. The number of fused-ring (bicyclic) bond motifs is 2. The van der Waals surface area contributed by atoms with Gasteiger partial charge < -0.3 is 34.5 Å². The molecule has 26 heteroatoms. The summed E-state index contributed by atoms with van der Waals surface area (Å²) in [5, 5.41) is 10.5. The van der Waals surface area contributed by atoms with Crippen LogP contribution in [0.2, 0.25) is 0 Å². The molecular weight excluding hydrogens is 896 g/mol. The van der Waals surface area contributed by atoms with Gasteiger partial charge in [0.2, 0.25) is 5.91 Å². The zero-order valence-electron chi connectivity index (χ0n) is 30.5. The van der Waals surface area contributed by atoms with Gasteiger partial charge in [0.05, 0.1) is 17.6 Å². The number of nitrogens with one attached hydrogen (secondary N) is 1. The Balaban J connectivity index is 0.000000291. The van der Waals surface area contributed by atoms with Crippen molar-refractivity contribution >= 4 is 46.5 Å². The van der Waals surface area contributed by atoms with Crippen LogP contribution in [0.3, 0.4) is 0 Å². The topological polar surface area (TPSA) is 181 Å². The number of oxazole rings is 2. The highest BCUT2D eigenvalue weighted by Crippen LogP contribution is 2.30. The molecule has 0 aliphatic rings. The number of amides is 1. The molecule has 4 aromatic carbocycles. The minimum atomic E-state index is -4.83. The summed E-state index contributed by atoms with van der Waals surface area (Å²) in [6, 6.07) is 19.0. The van der Waals surface area contributed by atoms with E-state index in [1.165, 1.54) is 54.6 Å². The van der Waals surface area contributed by atoms with Crippen molar-refractivity contribution in [2.75, 3.05) is 13.1 Å². The standard InChI is InChI=1S/C18H12F6N2O4.C16H10F3NO5.C2H4F3N.ClH/c19-17(20,21)9-25-15(27)8-26-13-7-11(3-6-14(13)29-16(26)28)10-1-4-12(5-2-10)30-18(22,23)24;17-16(18,19)25-11-4-1-9(2-5-11)10-3-6-13-12(7-10)20(8-14(21)22)15(23)24-13;3-2(4,5)1-6;/h1-7H,8-9H2,(H,25,27);1-7H,8H2,(H,21,22);1,6H2;1H. The van der Waals surface area contributed by atoms with Gasteiger partial charge in [-0.2, -0.15) is 26.3 Å². The molecule has 6 aromatic rings. The molecule has 6 rings (SSSR count). The first kappa shape index (κ1) is 49.7. The molecule has 13 nitrogen and oxygen atoms in total. The first-order chi connectivity index (χ1) is 28.2. The van der Waals surface area contributed by atoms with E-state index >= 15 is 0 Å². The van der Waals surface area contributed by atoms with Crippen LogP contribution in [-0.2, 0) is 22.7 Å². The number of carboxylic acids is 1. The largest absolute Gasteiger partial charge is 0.573 e. The van der Waals surface area contributed by atoms with Crippen molar-refractivity contribution in [1.29, 1.82) is 0 Å². The third-order valence-electron chi connectivity index (χ3n) is 7.49. The van der Waals surface area contributed by atoms with Gasteiger partial charge in [0.15, 0.2) is 11.2 Å². The first-order valence-corrected chi connectivity index (χ1v) is 16.5. The van der Waals surface area contributed by atoms with Crippen molar-refractivity contribution < 1.29 is 85.7 Å². The van der Waals surface area contributed by atoms with Crippen molar-refractivity contribution in [3.05, 3.63) is 106 Å². The number of hydrogen-bond donors (Lipinski definition) is 3. The molecule has 2 heterocycles. The number of halogens is 13. The van der Waals surface area contributed by atoms with Crippen molar-refractivity contribution in [1.82, 2.24) is 14.5 Å². The maximum Gasteiger partial charge on any atom is 0.573 e. The molecular formula is C36H27ClF12N4O9. The molecule has 0 radical (unpaired) electrons. The summed E-state index contributed by atoms with van der Waals surface area (Å²) < 4.78 is 161. The molecule has 0 spiro atoms. The summed E-state index contributed by atoms with van der Waals surface area (Å²) in [6.07, 6.45) is -18.4. The predicted octanol–water partition coefficient (Wildman–Crippen LogP) is 8.01. The molecule has 0 aliphatic carbocycles. The van der Waals surface area contributed by atoms with E-state index in [4.69, 9.17) is 13.9 Å². The Bertz CT molecular complexity index is 2580. The molecule has 0 bridgehead atoms. The quantitative estimate of drug-likeness (QED) is 0.120. The Labute approximate surface area is 343 Å². The molecule has 0 atom stereocenters. The minimum absolute atomic E-state index is 0. The fourth-order valence-electron chi connectivity index (χ4n) is 5.01. The SMILES string of the molecule is Cl.NCC(F)(F)F.O=C(Cn1c(=O)oc2ccc(-c3ccc(OC(F)(F)F)cc3)cc21)NCC(F)(F)F.O=C(O)Cn1c(=O)oc2ccc(-c3ccc(OC(F)(F)F)cc3)cc21. The van der Waals surface area contributed by atoms with E-state index in [0.717, 1.165) is 33.4 Å². The van der Waals surface area contributed by atoms with E-state index in [1.54, 1.807) is 11.4 Å². The molecule has 4 N–H and O–H groups in total. The van der Waals surface area contributed by atoms with Crippen LogP contribution in [-0.4, -0.2) is 64.3 Å². The monoisotopic (exact) mass is 922 g/mol. The second-order valence-corrected chi connectivity index (χ2v) is 12.0. The Morgan fingerprint density at radius 1 is 0.597 bits per heavy atom. The molecule has 0 saturated heterocycles. The highest BCUT2D eigenvalue weighted by Gasteiger charge is 2.32. The van der Waals surface area contributed by atoms with E-state index in [0.29, 0.717) is 22.3 Å². The van der Waals surface area contributed by atoms with Gasteiger partial charge in [0.25, 0.3) is 0 Å². The van der Waals surface area contributed by atoms with Crippen LogP contribution in [0.25, 0.3) is 44.5 Å². The molecule has 0 saturated carbocycles. The average Bonchev–Trinajstić information content (AvgIpc) is 3.62. The molecule has 336 valence electrons. The number of ether oxygens (including phenoxy) is 2. The third-order valence-corrected chi connectivity index (χ3v) is 7.49. The van der Waals surface area contributed by atoms with Gasteiger partial charge in [0.1, 0.15) is 31.1 Å². The van der Waals surface area contributed by atoms with Gasteiger partial charge in [-0.15, -0.1) is 38.7 Å². The number of benzene rings is 4. The number of aliphatic carboxylic acids is 1. The number of carbonyl (C=O) groups excluding carboxylic acids is 1. The van der Waals surface area contributed by atoms with Gasteiger partial charge in [0, 0.05) is 0 Å². The average molecular weight is 923 g/mol. The smallest absolute Gasteiger partial charge is 0.480 e. The van der Waals surface area contributed by atoms with Crippen molar-refractivity contribution in [2.45, 2.75) is 38.2 Å². The molecule has 62 heavy (non-hydrogen) atoms. The molecule has 0 fully saturated rings. The van der Waals surface area contributed by atoms with Crippen LogP contribution in [0.15, 0.2) is 103 Å². The minimum Gasteiger partial charge on any atom is -0.480 e. The number of carboxylic acid groups (broad SMARTS) is 1. The number of nitrogens with zero attached hydrogens (tertiary/aromatic N) is 2. The lowest BCUT2D eigenvalue weighted by molar-refractivity contribution is -0.275. The number of alkyl halides is 12. The highest BCUT2D eigenvalue weighted by atomic mass is 35.5. The summed E-state index contributed by atoms with van der Waals surface area (Å²) >= 11 is 0. The molecule has 2 aromatic heterocycles. The lowest BCUT2D eigenvalue weighted by Crippen LogP contribution is -2.37. The second kappa shape index (κ2) is 19.8. The summed E-state index contributed by atoms with van der Waals surface area (Å²) in [5.74, 6) is -4.78. The van der Waals surface area contributed by atoms with Crippen LogP contribution < -0.4 is 32.0 Å². The lowest BCUT2D eigenvalue weighted by atomic mass is 10.1. The summed E-state index contributed by atoms with van der Waals surface area (Å²) in [4.78, 5) is 46.3. The number of nitrogens with two attached hydrogens (primary N) is 1. The molecule has 1 amide bonds. The Morgan fingerprint density at radius 3 is 1.27 bits per heavy atom. The van der Waals surface area contributed by atoms with Crippen LogP contribution in [0.1, 0.15) is 0 Å². The number of rotatable bonds is 9. The Hall–Kier alpha value is -6.63. The molecule has 0 unspecified atom stereocenters. The van der Waals surface area contributed by atoms with E-state index < -0.39 is 80.4 Å². The van der Waals surface area contributed by atoms with Crippen LogP contribution in [0.4, 0.5) is 52.7 Å².